The van der Waals surface area contributed by atoms with Crippen molar-refractivity contribution in [3.63, 3.8) is 0 Å². The van der Waals surface area contributed by atoms with Gasteiger partial charge in [0, 0.05) is 11.6 Å². The number of rotatable bonds is 6. The highest BCUT2D eigenvalue weighted by Crippen LogP contribution is 2.12. The first-order valence-electron chi connectivity index (χ1n) is 7.22. The molecular formula is C19H18O4. The average Bonchev–Trinajstić information content (AvgIpc) is 2.60. The highest BCUT2D eigenvalue weighted by atomic mass is 16.5. The molecule has 4 heteroatoms. The summed E-state index contributed by atoms with van der Waals surface area (Å²) in [6.45, 7) is 1.56. The molecule has 0 radical (unpaired) electrons. The number of methoxy groups -OCH3 is 1. The smallest absolute Gasteiger partial charge is 0.331 e. The van der Waals surface area contributed by atoms with E-state index in [0.29, 0.717) is 5.56 Å². The number of hydrogen-bond donors (Lipinski definition) is 0. The standard InChI is InChI=1S/C19H18O4/c1-14(19(21)16-6-4-3-5-7-16)23-18(20)13-10-15-8-11-17(22-2)12-9-15/h3-14H,1-2H3/b13-10+/t14-/m1/s1. The second-order valence-electron chi connectivity index (χ2n) is 4.92. The Balaban J connectivity index is 1.93. The van der Waals surface area contributed by atoms with Gasteiger partial charge in [0.2, 0.25) is 5.78 Å². The van der Waals surface area contributed by atoms with Crippen LogP contribution < -0.4 is 4.74 Å². The van der Waals surface area contributed by atoms with E-state index in [9.17, 15) is 9.59 Å². The molecule has 0 saturated heterocycles. The average molecular weight is 310 g/mol. The van der Waals surface area contributed by atoms with Gasteiger partial charge in [-0.1, -0.05) is 42.5 Å². The summed E-state index contributed by atoms with van der Waals surface area (Å²) in [6.07, 6.45) is 2.10. The zero-order valence-electron chi connectivity index (χ0n) is 13.1. The normalized spacial score (nSPS) is 11.9. The fraction of sp³-hybridized carbons (Fsp3) is 0.158. The first-order valence-corrected chi connectivity index (χ1v) is 7.22. The maximum absolute atomic E-state index is 12.1. The monoisotopic (exact) mass is 310 g/mol. The molecule has 0 aliphatic carbocycles. The zero-order valence-corrected chi connectivity index (χ0v) is 13.1. The summed E-state index contributed by atoms with van der Waals surface area (Å²) in [6, 6.07) is 16.0. The van der Waals surface area contributed by atoms with Crippen molar-refractivity contribution in [2.75, 3.05) is 7.11 Å². The molecule has 0 unspecified atom stereocenters. The van der Waals surface area contributed by atoms with Crippen LogP contribution in [0.15, 0.2) is 60.7 Å². The van der Waals surface area contributed by atoms with Crippen LogP contribution in [0, 0.1) is 0 Å². The molecule has 2 rings (SSSR count). The lowest BCUT2D eigenvalue weighted by molar-refractivity contribution is -0.140. The van der Waals surface area contributed by atoms with Gasteiger partial charge in [-0.15, -0.1) is 0 Å². The fourth-order valence-electron chi connectivity index (χ4n) is 1.98. The van der Waals surface area contributed by atoms with Crippen molar-refractivity contribution in [3.05, 3.63) is 71.8 Å². The molecule has 2 aromatic rings. The summed E-state index contributed by atoms with van der Waals surface area (Å²) < 4.78 is 10.2. The van der Waals surface area contributed by atoms with Gasteiger partial charge in [-0.3, -0.25) is 4.79 Å². The molecular weight excluding hydrogens is 292 g/mol. The highest BCUT2D eigenvalue weighted by Gasteiger charge is 2.17. The molecule has 0 N–H and O–H groups in total. The van der Waals surface area contributed by atoms with Crippen LogP contribution in [-0.2, 0) is 9.53 Å². The van der Waals surface area contributed by atoms with Crippen LogP contribution in [0.4, 0.5) is 0 Å². The Hall–Kier alpha value is -2.88. The van der Waals surface area contributed by atoms with Crippen LogP contribution in [0.2, 0.25) is 0 Å². The number of ether oxygens (including phenoxy) is 2. The number of hydrogen-bond acceptors (Lipinski definition) is 4. The Morgan fingerprint density at radius 3 is 2.26 bits per heavy atom. The van der Waals surface area contributed by atoms with Crippen LogP contribution in [0.5, 0.6) is 5.75 Å². The molecule has 23 heavy (non-hydrogen) atoms. The fourth-order valence-corrected chi connectivity index (χ4v) is 1.98. The predicted molar refractivity (Wildman–Crippen MR) is 88.4 cm³/mol. The molecule has 0 fully saturated rings. The summed E-state index contributed by atoms with van der Waals surface area (Å²) in [5.74, 6) is -0.0406. The molecule has 118 valence electrons. The Kier molecular flexibility index (Phi) is 5.69. The second-order valence-corrected chi connectivity index (χ2v) is 4.92. The third-order valence-electron chi connectivity index (χ3n) is 3.25. The van der Waals surface area contributed by atoms with Crippen molar-refractivity contribution in [1.29, 1.82) is 0 Å². The number of Topliss-reactive ketones (excluding diaryl/α,β-unsaturated/α-hetero) is 1. The van der Waals surface area contributed by atoms with Crippen LogP contribution in [0.3, 0.4) is 0 Å². The van der Waals surface area contributed by atoms with E-state index in [1.54, 1.807) is 56.5 Å². The summed E-state index contributed by atoms with van der Waals surface area (Å²) in [4.78, 5) is 23.9. The van der Waals surface area contributed by atoms with E-state index in [1.807, 2.05) is 18.2 Å². The topological polar surface area (TPSA) is 52.6 Å². The van der Waals surface area contributed by atoms with Gasteiger partial charge in [-0.05, 0) is 30.7 Å². The third kappa shape index (κ3) is 4.81. The molecule has 2 aromatic carbocycles. The van der Waals surface area contributed by atoms with Crippen molar-refractivity contribution < 1.29 is 19.1 Å². The van der Waals surface area contributed by atoms with Gasteiger partial charge < -0.3 is 9.47 Å². The van der Waals surface area contributed by atoms with Gasteiger partial charge in [0.05, 0.1) is 7.11 Å². The van der Waals surface area contributed by atoms with E-state index < -0.39 is 12.1 Å². The maximum Gasteiger partial charge on any atom is 0.331 e. The number of benzene rings is 2. The van der Waals surface area contributed by atoms with Gasteiger partial charge in [-0.2, -0.15) is 0 Å². The molecule has 0 bridgehead atoms. The van der Waals surface area contributed by atoms with Gasteiger partial charge in [0.1, 0.15) is 5.75 Å². The Morgan fingerprint density at radius 2 is 1.65 bits per heavy atom. The lowest BCUT2D eigenvalue weighted by Crippen LogP contribution is -2.23. The van der Waals surface area contributed by atoms with Gasteiger partial charge in [0.15, 0.2) is 6.10 Å². The lowest BCUT2D eigenvalue weighted by atomic mass is 10.1. The number of carbonyl (C=O) groups excluding carboxylic acids is 2. The van der Waals surface area contributed by atoms with Crippen molar-refractivity contribution in [3.8, 4) is 5.75 Å². The summed E-state index contributed by atoms with van der Waals surface area (Å²) in [5.41, 5.74) is 1.36. The molecule has 0 heterocycles. The third-order valence-corrected chi connectivity index (χ3v) is 3.25. The molecule has 0 aliphatic rings. The summed E-state index contributed by atoms with van der Waals surface area (Å²) >= 11 is 0. The summed E-state index contributed by atoms with van der Waals surface area (Å²) in [5, 5.41) is 0. The van der Waals surface area contributed by atoms with Crippen LogP contribution in [-0.4, -0.2) is 25.0 Å². The van der Waals surface area contributed by atoms with Crippen molar-refractivity contribution in [1.82, 2.24) is 0 Å². The molecule has 0 aliphatic heterocycles. The molecule has 1 atom stereocenters. The lowest BCUT2D eigenvalue weighted by Gasteiger charge is -2.10. The first kappa shape index (κ1) is 16.5. The Morgan fingerprint density at radius 1 is 1.00 bits per heavy atom. The number of carbonyl (C=O) groups is 2. The molecule has 4 nitrogen and oxygen atoms in total. The van der Waals surface area contributed by atoms with E-state index in [1.165, 1.54) is 6.08 Å². The number of ketones is 1. The van der Waals surface area contributed by atoms with E-state index >= 15 is 0 Å². The molecule has 0 aromatic heterocycles. The highest BCUT2D eigenvalue weighted by molar-refractivity contribution is 6.00. The maximum atomic E-state index is 12.1. The zero-order chi connectivity index (χ0) is 16.7. The minimum absolute atomic E-state index is 0.225. The van der Waals surface area contributed by atoms with E-state index in [2.05, 4.69) is 0 Å². The van der Waals surface area contributed by atoms with E-state index in [-0.39, 0.29) is 5.78 Å². The van der Waals surface area contributed by atoms with Crippen LogP contribution in [0.25, 0.3) is 6.08 Å². The Bertz CT molecular complexity index is 687. The van der Waals surface area contributed by atoms with Gasteiger partial charge >= 0.3 is 5.97 Å². The first-order chi connectivity index (χ1) is 11.1. The van der Waals surface area contributed by atoms with Gasteiger partial charge in [0.25, 0.3) is 0 Å². The van der Waals surface area contributed by atoms with E-state index in [0.717, 1.165) is 11.3 Å². The molecule has 0 saturated carbocycles. The minimum atomic E-state index is -0.828. The Labute approximate surface area is 135 Å². The van der Waals surface area contributed by atoms with Crippen LogP contribution in [0.1, 0.15) is 22.8 Å². The second kappa shape index (κ2) is 7.94. The quantitative estimate of drug-likeness (QED) is 0.465. The van der Waals surface area contributed by atoms with Crippen molar-refractivity contribution in [2.24, 2.45) is 0 Å². The van der Waals surface area contributed by atoms with Crippen LogP contribution >= 0.6 is 0 Å². The SMILES string of the molecule is COc1ccc(/C=C/C(=O)O[C@H](C)C(=O)c2ccccc2)cc1. The van der Waals surface area contributed by atoms with E-state index in [4.69, 9.17) is 9.47 Å². The van der Waals surface area contributed by atoms with Crippen molar-refractivity contribution >= 4 is 17.8 Å². The summed E-state index contributed by atoms with van der Waals surface area (Å²) in [7, 11) is 1.59. The predicted octanol–water partition coefficient (Wildman–Crippen LogP) is 3.52. The largest absolute Gasteiger partial charge is 0.497 e. The number of esters is 1. The van der Waals surface area contributed by atoms with Crippen molar-refractivity contribution in [2.45, 2.75) is 13.0 Å². The molecule has 0 spiro atoms. The van der Waals surface area contributed by atoms with Gasteiger partial charge in [-0.25, -0.2) is 4.79 Å². The minimum Gasteiger partial charge on any atom is -0.497 e. The molecule has 0 amide bonds.